The zero-order valence-electron chi connectivity index (χ0n) is 13.4. The molecule has 0 aliphatic carbocycles. The Morgan fingerprint density at radius 2 is 1.94 bits per heavy atom. The van der Waals surface area contributed by atoms with Gasteiger partial charge in [-0.3, -0.25) is 4.90 Å². The van der Waals surface area contributed by atoms with Crippen LogP contribution < -0.4 is 5.32 Å². The molecule has 2 heteroatoms. The van der Waals surface area contributed by atoms with Crippen molar-refractivity contribution in [2.24, 2.45) is 5.92 Å². The Hall–Kier alpha value is -0.0800. The van der Waals surface area contributed by atoms with Gasteiger partial charge in [0, 0.05) is 30.7 Å². The summed E-state index contributed by atoms with van der Waals surface area (Å²) in [5.74, 6) is 0.791. The predicted molar refractivity (Wildman–Crippen MR) is 81.0 cm³/mol. The molecule has 3 atom stereocenters. The summed E-state index contributed by atoms with van der Waals surface area (Å²) in [5, 5.41) is 3.79. The maximum Gasteiger partial charge on any atom is 0.0278 e. The standard InChI is InChI=1S/C16H34N2/c1-7-9-14(5)18-12-16(6,8-2)17-11-15(18)10-13(3)4/h13-15,17H,7-12H2,1-6H3. The third kappa shape index (κ3) is 4.24. The first-order valence-electron chi connectivity index (χ1n) is 7.92. The average molecular weight is 254 g/mol. The molecule has 0 saturated carbocycles. The van der Waals surface area contributed by atoms with Crippen LogP contribution in [0.4, 0.5) is 0 Å². The Bertz CT molecular complexity index is 239. The fraction of sp³-hybridized carbons (Fsp3) is 1.00. The second kappa shape index (κ2) is 6.91. The molecule has 1 heterocycles. The fourth-order valence-electron chi connectivity index (χ4n) is 3.17. The van der Waals surface area contributed by atoms with Crippen LogP contribution in [0, 0.1) is 5.92 Å². The van der Waals surface area contributed by atoms with Crippen LogP contribution in [0.3, 0.4) is 0 Å². The monoisotopic (exact) mass is 254 g/mol. The van der Waals surface area contributed by atoms with Gasteiger partial charge in [0.1, 0.15) is 0 Å². The Morgan fingerprint density at radius 1 is 1.28 bits per heavy atom. The summed E-state index contributed by atoms with van der Waals surface area (Å²) in [6.45, 7) is 16.5. The van der Waals surface area contributed by atoms with Gasteiger partial charge in [-0.25, -0.2) is 0 Å². The summed E-state index contributed by atoms with van der Waals surface area (Å²) in [4.78, 5) is 2.78. The van der Waals surface area contributed by atoms with E-state index in [2.05, 4.69) is 51.8 Å². The van der Waals surface area contributed by atoms with E-state index in [0.717, 1.165) is 24.5 Å². The van der Waals surface area contributed by atoms with Gasteiger partial charge in [-0.15, -0.1) is 0 Å². The Morgan fingerprint density at radius 3 is 2.44 bits per heavy atom. The molecule has 108 valence electrons. The first-order valence-corrected chi connectivity index (χ1v) is 7.92. The molecule has 1 aliphatic heterocycles. The lowest BCUT2D eigenvalue weighted by Crippen LogP contribution is -2.64. The van der Waals surface area contributed by atoms with Gasteiger partial charge in [0.05, 0.1) is 0 Å². The van der Waals surface area contributed by atoms with E-state index < -0.39 is 0 Å². The van der Waals surface area contributed by atoms with Crippen molar-refractivity contribution in [3.63, 3.8) is 0 Å². The van der Waals surface area contributed by atoms with Gasteiger partial charge in [-0.1, -0.05) is 34.1 Å². The SMILES string of the molecule is CCCC(C)N1CC(C)(CC)NCC1CC(C)C. The van der Waals surface area contributed by atoms with Crippen LogP contribution in [0.1, 0.15) is 67.2 Å². The molecule has 3 unspecified atom stereocenters. The summed E-state index contributed by atoms with van der Waals surface area (Å²) >= 11 is 0. The van der Waals surface area contributed by atoms with Crippen LogP contribution in [0.5, 0.6) is 0 Å². The van der Waals surface area contributed by atoms with Gasteiger partial charge < -0.3 is 5.32 Å². The number of rotatable bonds is 6. The molecule has 0 spiro atoms. The Labute approximate surface area is 115 Å². The lowest BCUT2D eigenvalue weighted by atomic mass is 9.89. The molecule has 2 nitrogen and oxygen atoms in total. The summed E-state index contributed by atoms with van der Waals surface area (Å²) in [7, 11) is 0. The van der Waals surface area contributed by atoms with E-state index >= 15 is 0 Å². The molecule has 0 aromatic heterocycles. The third-order valence-electron chi connectivity index (χ3n) is 4.56. The summed E-state index contributed by atoms with van der Waals surface area (Å²) in [6, 6.07) is 1.46. The van der Waals surface area contributed by atoms with E-state index in [9.17, 15) is 0 Å². The predicted octanol–water partition coefficient (Wildman–Crippen LogP) is 3.66. The van der Waals surface area contributed by atoms with Crippen LogP contribution in [0.25, 0.3) is 0 Å². The molecule has 1 N–H and O–H groups in total. The molecule has 1 rings (SSSR count). The number of hydrogen-bond acceptors (Lipinski definition) is 2. The maximum absolute atomic E-state index is 3.79. The molecule has 0 amide bonds. The Balaban J connectivity index is 2.72. The van der Waals surface area contributed by atoms with Crippen molar-refractivity contribution in [2.45, 2.75) is 84.8 Å². The molecular weight excluding hydrogens is 220 g/mol. The van der Waals surface area contributed by atoms with Gasteiger partial charge in [-0.2, -0.15) is 0 Å². The topological polar surface area (TPSA) is 15.3 Å². The van der Waals surface area contributed by atoms with Gasteiger partial charge in [0.15, 0.2) is 0 Å². The Kier molecular flexibility index (Phi) is 6.13. The molecule has 0 aromatic carbocycles. The van der Waals surface area contributed by atoms with Crippen LogP contribution in [0.2, 0.25) is 0 Å². The second-order valence-corrected chi connectivity index (χ2v) is 6.89. The van der Waals surface area contributed by atoms with Gasteiger partial charge in [0.2, 0.25) is 0 Å². The lowest BCUT2D eigenvalue weighted by Gasteiger charge is -2.49. The van der Waals surface area contributed by atoms with Crippen LogP contribution >= 0.6 is 0 Å². The third-order valence-corrected chi connectivity index (χ3v) is 4.56. The van der Waals surface area contributed by atoms with E-state index in [1.807, 2.05) is 0 Å². The quantitative estimate of drug-likeness (QED) is 0.778. The number of nitrogens with one attached hydrogen (secondary N) is 1. The van der Waals surface area contributed by atoms with Crippen LogP contribution in [-0.2, 0) is 0 Å². The van der Waals surface area contributed by atoms with Crippen molar-refractivity contribution >= 4 is 0 Å². The first-order chi connectivity index (χ1) is 8.41. The summed E-state index contributed by atoms with van der Waals surface area (Å²) in [5.41, 5.74) is 0.315. The summed E-state index contributed by atoms with van der Waals surface area (Å²) < 4.78 is 0. The smallest absolute Gasteiger partial charge is 0.0278 e. The molecule has 0 bridgehead atoms. The van der Waals surface area contributed by atoms with E-state index in [1.54, 1.807) is 0 Å². The first kappa shape index (κ1) is 16.0. The molecule has 1 fully saturated rings. The van der Waals surface area contributed by atoms with E-state index in [-0.39, 0.29) is 0 Å². The number of hydrogen-bond donors (Lipinski definition) is 1. The maximum atomic E-state index is 3.79. The van der Waals surface area contributed by atoms with Crippen molar-refractivity contribution in [2.75, 3.05) is 13.1 Å². The van der Waals surface area contributed by atoms with E-state index in [4.69, 9.17) is 0 Å². The highest BCUT2D eigenvalue weighted by molar-refractivity contribution is 4.96. The van der Waals surface area contributed by atoms with Crippen molar-refractivity contribution in [3.8, 4) is 0 Å². The zero-order valence-corrected chi connectivity index (χ0v) is 13.4. The second-order valence-electron chi connectivity index (χ2n) is 6.89. The minimum absolute atomic E-state index is 0.315. The molecule has 0 radical (unpaired) electrons. The highest BCUT2D eigenvalue weighted by atomic mass is 15.3. The number of nitrogens with zero attached hydrogens (tertiary/aromatic N) is 1. The minimum atomic E-state index is 0.315. The van der Waals surface area contributed by atoms with Gasteiger partial charge in [-0.05, 0) is 39.0 Å². The van der Waals surface area contributed by atoms with E-state index in [0.29, 0.717) is 5.54 Å². The molecule has 1 aliphatic rings. The zero-order chi connectivity index (χ0) is 13.8. The lowest BCUT2D eigenvalue weighted by molar-refractivity contribution is 0.0388. The van der Waals surface area contributed by atoms with Crippen molar-refractivity contribution < 1.29 is 0 Å². The molecule has 1 saturated heterocycles. The molecular formula is C16H34N2. The van der Waals surface area contributed by atoms with Crippen LogP contribution in [0.15, 0.2) is 0 Å². The minimum Gasteiger partial charge on any atom is -0.309 e. The highest BCUT2D eigenvalue weighted by Gasteiger charge is 2.36. The highest BCUT2D eigenvalue weighted by Crippen LogP contribution is 2.25. The van der Waals surface area contributed by atoms with Gasteiger partial charge >= 0.3 is 0 Å². The number of piperazine rings is 1. The molecule has 0 aromatic rings. The van der Waals surface area contributed by atoms with Gasteiger partial charge in [0.25, 0.3) is 0 Å². The summed E-state index contributed by atoms with van der Waals surface area (Å²) in [6.07, 6.45) is 5.16. The average Bonchev–Trinajstić information content (AvgIpc) is 2.31. The fourth-order valence-corrected chi connectivity index (χ4v) is 3.17. The molecule has 18 heavy (non-hydrogen) atoms. The normalized spacial score (nSPS) is 31.8. The van der Waals surface area contributed by atoms with Crippen molar-refractivity contribution in [3.05, 3.63) is 0 Å². The van der Waals surface area contributed by atoms with Crippen molar-refractivity contribution in [1.29, 1.82) is 0 Å². The van der Waals surface area contributed by atoms with Crippen molar-refractivity contribution in [1.82, 2.24) is 10.2 Å². The largest absolute Gasteiger partial charge is 0.309 e. The van der Waals surface area contributed by atoms with E-state index in [1.165, 1.54) is 32.2 Å². The van der Waals surface area contributed by atoms with Crippen LogP contribution in [-0.4, -0.2) is 35.6 Å².